The van der Waals surface area contributed by atoms with E-state index < -0.39 is 6.10 Å². The number of nitrogen functional groups attached to an aromatic ring is 1. The molecule has 1 atom stereocenters. The largest absolute Gasteiger partial charge is 0.491 e. The Bertz CT molecular complexity index is 542. The number of benzene rings is 2. The molecule has 2 aromatic carbocycles. The van der Waals surface area contributed by atoms with Crippen molar-refractivity contribution in [3.8, 4) is 5.75 Å². The van der Waals surface area contributed by atoms with Gasteiger partial charge in [-0.05, 0) is 31.2 Å². The summed E-state index contributed by atoms with van der Waals surface area (Å²) in [4.78, 5) is 1.15. The maximum Gasteiger partial charge on any atom is 0.121 e. The zero-order valence-electron chi connectivity index (χ0n) is 11.5. The molecule has 0 amide bonds. The Morgan fingerprint density at radius 2 is 1.95 bits per heavy atom. The summed E-state index contributed by atoms with van der Waals surface area (Å²) in [5, 5.41) is 9.92. The van der Waals surface area contributed by atoms with E-state index in [0.29, 0.717) is 17.2 Å². The number of nitrogens with two attached hydrogens (primary N) is 1. The molecule has 0 aliphatic heterocycles. The molecule has 2 rings (SSSR count). The Kier molecular flexibility index (Phi) is 5.32. The number of ether oxygens (including phenoxy) is 1. The van der Waals surface area contributed by atoms with E-state index in [4.69, 9.17) is 10.5 Å². The standard InChI is InChI=1S/C16H19NO2S/c1-12-5-7-16(8-6-12)20-11-14(18)10-19-15-4-2-3-13(17)9-15/h2-9,14,18H,10-11,17H2,1H3. The van der Waals surface area contributed by atoms with Crippen molar-refractivity contribution in [2.75, 3.05) is 18.1 Å². The Morgan fingerprint density at radius 1 is 1.20 bits per heavy atom. The molecule has 0 aliphatic rings. The molecule has 0 radical (unpaired) electrons. The fourth-order valence-electron chi connectivity index (χ4n) is 1.67. The van der Waals surface area contributed by atoms with Gasteiger partial charge in [0, 0.05) is 22.4 Å². The van der Waals surface area contributed by atoms with E-state index in [0.717, 1.165) is 4.90 Å². The lowest BCUT2D eigenvalue weighted by Gasteiger charge is -2.12. The second-order valence-corrected chi connectivity index (χ2v) is 5.75. The van der Waals surface area contributed by atoms with Gasteiger partial charge in [-0.3, -0.25) is 0 Å². The van der Waals surface area contributed by atoms with Crippen LogP contribution in [-0.4, -0.2) is 23.6 Å². The van der Waals surface area contributed by atoms with E-state index in [1.807, 2.05) is 12.1 Å². The zero-order valence-corrected chi connectivity index (χ0v) is 12.3. The van der Waals surface area contributed by atoms with Crippen LogP contribution in [-0.2, 0) is 0 Å². The topological polar surface area (TPSA) is 55.5 Å². The minimum absolute atomic E-state index is 0.266. The molecule has 3 N–H and O–H groups in total. The number of thioether (sulfide) groups is 1. The van der Waals surface area contributed by atoms with Crippen LogP contribution in [0.4, 0.5) is 5.69 Å². The molecular weight excluding hydrogens is 270 g/mol. The maximum atomic E-state index is 9.92. The van der Waals surface area contributed by atoms with Crippen LogP contribution in [0.15, 0.2) is 53.4 Å². The van der Waals surface area contributed by atoms with Crippen molar-refractivity contribution in [2.45, 2.75) is 17.9 Å². The van der Waals surface area contributed by atoms with Gasteiger partial charge in [0.2, 0.25) is 0 Å². The van der Waals surface area contributed by atoms with Crippen molar-refractivity contribution in [1.82, 2.24) is 0 Å². The van der Waals surface area contributed by atoms with Gasteiger partial charge in [0.1, 0.15) is 12.4 Å². The first-order chi connectivity index (χ1) is 9.63. The average Bonchev–Trinajstić information content (AvgIpc) is 2.45. The highest BCUT2D eigenvalue weighted by Crippen LogP contribution is 2.20. The summed E-state index contributed by atoms with van der Waals surface area (Å²) >= 11 is 1.62. The number of hydrogen-bond acceptors (Lipinski definition) is 4. The lowest BCUT2D eigenvalue weighted by Crippen LogP contribution is -2.20. The maximum absolute atomic E-state index is 9.92. The molecule has 0 fully saturated rings. The van der Waals surface area contributed by atoms with Crippen molar-refractivity contribution >= 4 is 17.4 Å². The molecule has 0 aliphatic carbocycles. The molecule has 1 unspecified atom stereocenters. The van der Waals surface area contributed by atoms with Gasteiger partial charge in [-0.2, -0.15) is 0 Å². The van der Waals surface area contributed by atoms with Gasteiger partial charge in [0.25, 0.3) is 0 Å². The van der Waals surface area contributed by atoms with E-state index in [1.165, 1.54) is 5.56 Å². The lowest BCUT2D eigenvalue weighted by molar-refractivity contribution is 0.126. The quantitative estimate of drug-likeness (QED) is 0.634. The van der Waals surface area contributed by atoms with Gasteiger partial charge in [-0.25, -0.2) is 0 Å². The van der Waals surface area contributed by atoms with Gasteiger partial charge in [-0.15, -0.1) is 11.8 Å². The van der Waals surface area contributed by atoms with Crippen LogP contribution in [0, 0.1) is 6.92 Å². The van der Waals surface area contributed by atoms with Crippen LogP contribution in [0.1, 0.15) is 5.56 Å². The highest BCUT2D eigenvalue weighted by Gasteiger charge is 2.06. The van der Waals surface area contributed by atoms with E-state index in [1.54, 1.807) is 23.9 Å². The van der Waals surface area contributed by atoms with Gasteiger partial charge < -0.3 is 15.6 Å². The summed E-state index contributed by atoms with van der Waals surface area (Å²) in [6.45, 7) is 2.32. The summed E-state index contributed by atoms with van der Waals surface area (Å²) in [7, 11) is 0. The second kappa shape index (κ2) is 7.22. The molecule has 20 heavy (non-hydrogen) atoms. The SMILES string of the molecule is Cc1ccc(SCC(O)COc2cccc(N)c2)cc1. The number of aliphatic hydroxyl groups excluding tert-OH is 1. The van der Waals surface area contributed by atoms with Crippen LogP contribution < -0.4 is 10.5 Å². The first-order valence-corrected chi connectivity index (χ1v) is 7.48. The van der Waals surface area contributed by atoms with Crippen molar-refractivity contribution in [2.24, 2.45) is 0 Å². The highest BCUT2D eigenvalue weighted by atomic mass is 32.2. The second-order valence-electron chi connectivity index (χ2n) is 4.66. The third-order valence-electron chi connectivity index (χ3n) is 2.76. The van der Waals surface area contributed by atoms with Gasteiger partial charge in [-0.1, -0.05) is 23.8 Å². The molecule has 3 nitrogen and oxygen atoms in total. The number of aliphatic hydroxyl groups is 1. The lowest BCUT2D eigenvalue weighted by atomic mass is 10.2. The Balaban J connectivity index is 1.75. The van der Waals surface area contributed by atoms with E-state index in [9.17, 15) is 5.11 Å². The Labute approximate surface area is 123 Å². The minimum atomic E-state index is -0.511. The van der Waals surface area contributed by atoms with Gasteiger partial charge in [0.15, 0.2) is 0 Å². The van der Waals surface area contributed by atoms with E-state index >= 15 is 0 Å². The molecule has 0 saturated carbocycles. The van der Waals surface area contributed by atoms with Gasteiger partial charge >= 0.3 is 0 Å². The molecule has 0 spiro atoms. The first kappa shape index (κ1) is 14.8. The fraction of sp³-hybridized carbons (Fsp3) is 0.250. The summed E-state index contributed by atoms with van der Waals surface area (Å²) < 4.78 is 5.51. The molecule has 106 valence electrons. The molecule has 2 aromatic rings. The Morgan fingerprint density at radius 3 is 2.65 bits per heavy atom. The van der Waals surface area contributed by atoms with Gasteiger partial charge in [0.05, 0.1) is 6.10 Å². The Hall–Kier alpha value is -1.65. The van der Waals surface area contributed by atoms with Crippen LogP contribution >= 0.6 is 11.8 Å². The highest BCUT2D eigenvalue weighted by molar-refractivity contribution is 7.99. The molecule has 0 heterocycles. The molecular formula is C16H19NO2S. The zero-order chi connectivity index (χ0) is 14.4. The van der Waals surface area contributed by atoms with Crippen LogP contribution in [0.2, 0.25) is 0 Å². The predicted octanol–water partition coefficient (Wildman–Crippen LogP) is 3.11. The van der Waals surface area contributed by atoms with Crippen molar-refractivity contribution in [3.63, 3.8) is 0 Å². The van der Waals surface area contributed by atoms with Crippen LogP contribution in [0.5, 0.6) is 5.75 Å². The van der Waals surface area contributed by atoms with Crippen molar-refractivity contribution in [1.29, 1.82) is 0 Å². The van der Waals surface area contributed by atoms with Crippen molar-refractivity contribution in [3.05, 3.63) is 54.1 Å². The van der Waals surface area contributed by atoms with E-state index in [-0.39, 0.29) is 6.61 Å². The van der Waals surface area contributed by atoms with E-state index in [2.05, 4.69) is 31.2 Å². The van der Waals surface area contributed by atoms with Crippen LogP contribution in [0.3, 0.4) is 0 Å². The summed E-state index contributed by atoms with van der Waals surface area (Å²) in [6, 6.07) is 15.5. The average molecular weight is 289 g/mol. The predicted molar refractivity (Wildman–Crippen MR) is 84.3 cm³/mol. The molecule has 0 saturated heterocycles. The minimum Gasteiger partial charge on any atom is -0.491 e. The molecule has 4 heteroatoms. The normalized spacial score (nSPS) is 12.1. The third-order valence-corrected chi connectivity index (χ3v) is 3.92. The number of rotatable bonds is 6. The first-order valence-electron chi connectivity index (χ1n) is 6.49. The fourth-order valence-corrected chi connectivity index (χ4v) is 2.48. The number of hydrogen-bond donors (Lipinski definition) is 2. The number of anilines is 1. The summed E-state index contributed by atoms with van der Waals surface area (Å²) in [5.74, 6) is 1.29. The summed E-state index contributed by atoms with van der Waals surface area (Å²) in [5.41, 5.74) is 7.56. The third kappa shape index (κ3) is 4.79. The summed E-state index contributed by atoms with van der Waals surface area (Å²) in [6.07, 6.45) is -0.511. The molecule has 0 bridgehead atoms. The van der Waals surface area contributed by atoms with Crippen molar-refractivity contribution < 1.29 is 9.84 Å². The molecule has 0 aromatic heterocycles. The number of aryl methyl sites for hydroxylation is 1. The smallest absolute Gasteiger partial charge is 0.121 e. The van der Waals surface area contributed by atoms with Crippen LogP contribution in [0.25, 0.3) is 0 Å². The monoisotopic (exact) mass is 289 g/mol.